The SMILES string of the molecule is CCCCCc1ccc2c(F)c(-c3ccc(C4CCC(CC)CC4)cc3)ccc2c1. The Morgan fingerprint density at radius 1 is 0.833 bits per heavy atom. The molecule has 158 valence electrons. The van der Waals surface area contributed by atoms with Crippen molar-refractivity contribution in [2.75, 3.05) is 0 Å². The number of fused-ring (bicyclic) bond motifs is 1. The molecular weight excluding hydrogens is 367 g/mol. The minimum absolute atomic E-state index is 0.0937. The second kappa shape index (κ2) is 9.77. The molecule has 0 amide bonds. The lowest BCUT2D eigenvalue weighted by Gasteiger charge is -2.28. The number of hydrogen-bond donors (Lipinski definition) is 0. The van der Waals surface area contributed by atoms with Crippen LogP contribution in [-0.2, 0) is 6.42 Å². The average Bonchev–Trinajstić information content (AvgIpc) is 2.80. The summed E-state index contributed by atoms with van der Waals surface area (Å²) in [5.41, 5.74) is 4.42. The van der Waals surface area contributed by atoms with Crippen LogP contribution in [0.3, 0.4) is 0 Å². The van der Waals surface area contributed by atoms with E-state index < -0.39 is 0 Å². The fourth-order valence-electron chi connectivity index (χ4n) is 5.14. The van der Waals surface area contributed by atoms with Crippen molar-refractivity contribution < 1.29 is 4.39 Å². The number of unbranched alkanes of at least 4 members (excludes halogenated alkanes) is 2. The van der Waals surface area contributed by atoms with Gasteiger partial charge in [0.1, 0.15) is 5.82 Å². The predicted molar refractivity (Wildman–Crippen MR) is 128 cm³/mol. The Morgan fingerprint density at radius 3 is 2.30 bits per heavy atom. The normalized spacial score (nSPS) is 19.3. The van der Waals surface area contributed by atoms with E-state index in [4.69, 9.17) is 0 Å². The number of aryl methyl sites for hydroxylation is 1. The van der Waals surface area contributed by atoms with E-state index in [-0.39, 0.29) is 5.82 Å². The molecule has 3 aromatic rings. The minimum Gasteiger partial charge on any atom is -0.206 e. The highest BCUT2D eigenvalue weighted by molar-refractivity contribution is 5.88. The molecule has 0 saturated heterocycles. The molecule has 1 heteroatoms. The van der Waals surface area contributed by atoms with Gasteiger partial charge >= 0.3 is 0 Å². The summed E-state index contributed by atoms with van der Waals surface area (Å²) in [6, 6.07) is 18.9. The van der Waals surface area contributed by atoms with Crippen LogP contribution in [0.15, 0.2) is 54.6 Å². The first-order valence-corrected chi connectivity index (χ1v) is 12.0. The molecule has 0 N–H and O–H groups in total. The lowest BCUT2D eigenvalue weighted by molar-refractivity contribution is 0.319. The van der Waals surface area contributed by atoms with Crippen LogP contribution in [0.4, 0.5) is 4.39 Å². The van der Waals surface area contributed by atoms with Crippen molar-refractivity contribution in [1.29, 1.82) is 0 Å². The molecule has 0 nitrogen and oxygen atoms in total. The fourth-order valence-corrected chi connectivity index (χ4v) is 5.14. The van der Waals surface area contributed by atoms with Crippen LogP contribution in [0, 0.1) is 11.7 Å². The molecule has 1 aliphatic carbocycles. The van der Waals surface area contributed by atoms with Crippen molar-refractivity contribution in [3.05, 3.63) is 71.5 Å². The van der Waals surface area contributed by atoms with Crippen LogP contribution in [0.2, 0.25) is 0 Å². The Labute approximate surface area is 181 Å². The monoisotopic (exact) mass is 402 g/mol. The average molecular weight is 403 g/mol. The van der Waals surface area contributed by atoms with Crippen LogP contribution < -0.4 is 0 Å². The molecule has 0 aromatic heterocycles. The van der Waals surface area contributed by atoms with Crippen molar-refractivity contribution in [3.63, 3.8) is 0 Å². The van der Waals surface area contributed by atoms with Gasteiger partial charge in [-0.15, -0.1) is 0 Å². The van der Waals surface area contributed by atoms with E-state index in [9.17, 15) is 0 Å². The predicted octanol–water partition coefficient (Wildman–Crippen LogP) is 9.06. The van der Waals surface area contributed by atoms with Crippen molar-refractivity contribution in [2.24, 2.45) is 5.92 Å². The van der Waals surface area contributed by atoms with Gasteiger partial charge in [0.25, 0.3) is 0 Å². The summed E-state index contributed by atoms with van der Waals surface area (Å²) in [5.74, 6) is 1.50. The lowest BCUT2D eigenvalue weighted by atomic mass is 9.77. The zero-order chi connectivity index (χ0) is 20.9. The highest BCUT2D eigenvalue weighted by Crippen LogP contribution is 2.38. The first kappa shape index (κ1) is 21.1. The molecule has 0 atom stereocenters. The third-order valence-electron chi connectivity index (χ3n) is 7.20. The van der Waals surface area contributed by atoms with Gasteiger partial charge in [0.2, 0.25) is 0 Å². The number of benzene rings is 3. The Balaban J connectivity index is 1.52. The summed E-state index contributed by atoms with van der Waals surface area (Å²) in [5, 5.41) is 1.74. The molecule has 0 aliphatic heterocycles. The maximum Gasteiger partial charge on any atom is 0.138 e. The zero-order valence-corrected chi connectivity index (χ0v) is 18.6. The van der Waals surface area contributed by atoms with Gasteiger partial charge in [0.05, 0.1) is 0 Å². The summed E-state index contributed by atoms with van der Waals surface area (Å²) in [4.78, 5) is 0. The highest BCUT2D eigenvalue weighted by Gasteiger charge is 2.21. The second-order valence-electron chi connectivity index (χ2n) is 9.19. The summed E-state index contributed by atoms with van der Waals surface area (Å²) in [6.07, 6.45) is 11.4. The Bertz CT molecular complexity index is 962. The van der Waals surface area contributed by atoms with Gasteiger partial charge in [-0.2, -0.15) is 0 Å². The van der Waals surface area contributed by atoms with E-state index >= 15 is 4.39 Å². The molecule has 0 unspecified atom stereocenters. The van der Waals surface area contributed by atoms with Crippen molar-refractivity contribution in [2.45, 2.75) is 77.6 Å². The Kier molecular flexibility index (Phi) is 6.87. The van der Waals surface area contributed by atoms with E-state index in [2.05, 4.69) is 56.3 Å². The third-order valence-corrected chi connectivity index (χ3v) is 7.20. The molecule has 1 fully saturated rings. The molecular formula is C29H35F. The van der Waals surface area contributed by atoms with E-state index in [0.717, 1.165) is 28.7 Å². The smallest absolute Gasteiger partial charge is 0.138 e. The van der Waals surface area contributed by atoms with Crippen molar-refractivity contribution in [1.82, 2.24) is 0 Å². The van der Waals surface area contributed by atoms with Crippen LogP contribution in [-0.4, -0.2) is 0 Å². The van der Waals surface area contributed by atoms with E-state index in [1.807, 2.05) is 12.1 Å². The van der Waals surface area contributed by atoms with Crippen LogP contribution in [0.25, 0.3) is 21.9 Å². The standard InChI is InChI=1S/C29H35F/c1-3-5-6-7-22-10-18-28-26(20-22)17-19-27(29(28)30)25-15-13-24(14-16-25)23-11-8-21(4-2)9-12-23/h10,13-21,23H,3-9,11-12H2,1-2H3. The largest absolute Gasteiger partial charge is 0.206 e. The van der Waals surface area contributed by atoms with E-state index in [1.54, 1.807) is 0 Å². The lowest BCUT2D eigenvalue weighted by Crippen LogP contribution is -2.12. The quantitative estimate of drug-likeness (QED) is 0.346. The summed E-state index contributed by atoms with van der Waals surface area (Å²) in [7, 11) is 0. The molecule has 4 rings (SSSR count). The molecule has 0 radical (unpaired) electrons. The zero-order valence-electron chi connectivity index (χ0n) is 18.6. The Hall–Kier alpha value is -2.15. The molecule has 30 heavy (non-hydrogen) atoms. The van der Waals surface area contributed by atoms with E-state index in [1.165, 1.54) is 62.5 Å². The van der Waals surface area contributed by atoms with Gasteiger partial charge in [-0.25, -0.2) is 4.39 Å². The van der Waals surface area contributed by atoms with Gasteiger partial charge in [0, 0.05) is 10.9 Å². The molecule has 0 spiro atoms. The van der Waals surface area contributed by atoms with Crippen molar-refractivity contribution in [3.8, 4) is 11.1 Å². The third kappa shape index (κ3) is 4.61. The van der Waals surface area contributed by atoms with Gasteiger partial charge in [-0.3, -0.25) is 0 Å². The molecule has 1 aliphatic rings. The summed E-state index contributed by atoms with van der Waals surface area (Å²) < 4.78 is 15.3. The maximum atomic E-state index is 15.3. The number of hydrogen-bond acceptors (Lipinski definition) is 0. The van der Waals surface area contributed by atoms with Crippen LogP contribution in [0.1, 0.15) is 82.3 Å². The summed E-state index contributed by atoms with van der Waals surface area (Å²) >= 11 is 0. The molecule has 1 saturated carbocycles. The first-order chi connectivity index (χ1) is 14.7. The van der Waals surface area contributed by atoms with E-state index in [0.29, 0.717) is 11.5 Å². The minimum atomic E-state index is -0.0937. The topological polar surface area (TPSA) is 0 Å². The van der Waals surface area contributed by atoms with Gasteiger partial charge in [-0.05, 0) is 72.4 Å². The number of halogens is 1. The Morgan fingerprint density at radius 2 is 1.60 bits per heavy atom. The van der Waals surface area contributed by atoms with Gasteiger partial charge in [0.15, 0.2) is 0 Å². The number of rotatable bonds is 7. The fraction of sp³-hybridized carbons (Fsp3) is 0.448. The highest BCUT2D eigenvalue weighted by atomic mass is 19.1. The summed E-state index contributed by atoms with van der Waals surface area (Å²) in [6.45, 7) is 4.53. The van der Waals surface area contributed by atoms with Crippen LogP contribution >= 0.6 is 0 Å². The first-order valence-electron chi connectivity index (χ1n) is 12.0. The van der Waals surface area contributed by atoms with Crippen molar-refractivity contribution >= 4 is 10.8 Å². The van der Waals surface area contributed by atoms with Crippen LogP contribution in [0.5, 0.6) is 0 Å². The maximum absolute atomic E-state index is 15.3. The molecule has 0 bridgehead atoms. The molecule has 0 heterocycles. The second-order valence-corrected chi connectivity index (χ2v) is 9.19. The molecule has 3 aromatic carbocycles. The van der Waals surface area contributed by atoms with Gasteiger partial charge < -0.3 is 0 Å². The van der Waals surface area contributed by atoms with Gasteiger partial charge in [-0.1, -0.05) is 87.7 Å².